The SMILES string of the molecule is CCN(CC(=O)N1CCc2sccc2C1COc1cccc(F)c1)S(=O)(=O)c1ccc(C)cc1. The second-order valence-electron chi connectivity index (χ2n) is 8.16. The fraction of sp³-hybridized carbons (Fsp3) is 0.320. The molecule has 0 aliphatic carbocycles. The van der Waals surface area contributed by atoms with E-state index >= 15 is 0 Å². The van der Waals surface area contributed by atoms with Gasteiger partial charge >= 0.3 is 0 Å². The first-order valence-electron chi connectivity index (χ1n) is 11.1. The number of likely N-dealkylation sites (N-methyl/N-ethyl adjacent to an activating group) is 1. The molecule has 6 nitrogen and oxygen atoms in total. The molecule has 4 rings (SSSR count). The Balaban J connectivity index is 1.54. The van der Waals surface area contributed by atoms with Crippen molar-refractivity contribution >= 4 is 27.3 Å². The van der Waals surface area contributed by atoms with Gasteiger partial charge in [0, 0.05) is 24.0 Å². The normalized spacial score (nSPS) is 15.9. The van der Waals surface area contributed by atoms with Crippen molar-refractivity contribution < 1.29 is 22.3 Å². The first-order valence-corrected chi connectivity index (χ1v) is 13.4. The summed E-state index contributed by atoms with van der Waals surface area (Å²) in [4.78, 5) is 16.4. The summed E-state index contributed by atoms with van der Waals surface area (Å²) in [7, 11) is -3.81. The van der Waals surface area contributed by atoms with E-state index in [-0.39, 0.29) is 36.5 Å². The molecule has 2 heterocycles. The molecule has 0 bridgehead atoms. The highest BCUT2D eigenvalue weighted by atomic mass is 32.2. The topological polar surface area (TPSA) is 66.9 Å². The lowest BCUT2D eigenvalue weighted by Crippen LogP contribution is -2.47. The molecule has 0 radical (unpaired) electrons. The minimum atomic E-state index is -3.81. The molecule has 1 amide bonds. The van der Waals surface area contributed by atoms with Gasteiger partial charge < -0.3 is 9.64 Å². The van der Waals surface area contributed by atoms with Crippen LogP contribution < -0.4 is 4.74 Å². The molecule has 180 valence electrons. The minimum Gasteiger partial charge on any atom is -0.491 e. The summed E-state index contributed by atoms with van der Waals surface area (Å²) in [5.41, 5.74) is 1.95. The van der Waals surface area contributed by atoms with Crippen molar-refractivity contribution in [2.45, 2.75) is 31.2 Å². The zero-order valence-corrected chi connectivity index (χ0v) is 20.7. The number of carbonyl (C=O) groups is 1. The van der Waals surface area contributed by atoms with Crippen LogP contribution in [0.4, 0.5) is 4.39 Å². The Morgan fingerprint density at radius 1 is 1.21 bits per heavy atom. The summed E-state index contributed by atoms with van der Waals surface area (Å²) >= 11 is 1.63. The van der Waals surface area contributed by atoms with Crippen LogP contribution in [0.2, 0.25) is 0 Å². The third-order valence-corrected chi connectivity index (χ3v) is 8.87. The monoisotopic (exact) mass is 502 g/mol. The van der Waals surface area contributed by atoms with Gasteiger partial charge in [0.25, 0.3) is 0 Å². The summed E-state index contributed by atoms with van der Waals surface area (Å²) in [5.74, 6) is -0.306. The van der Waals surface area contributed by atoms with Crippen LogP contribution in [-0.2, 0) is 21.2 Å². The first kappa shape index (κ1) is 24.4. The number of ether oxygens (including phenoxy) is 1. The van der Waals surface area contributed by atoms with Crippen LogP contribution in [0.15, 0.2) is 64.9 Å². The van der Waals surface area contributed by atoms with Gasteiger partial charge in [-0.1, -0.05) is 30.7 Å². The summed E-state index contributed by atoms with van der Waals surface area (Å²) in [6.07, 6.45) is 0.700. The van der Waals surface area contributed by atoms with E-state index in [1.807, 2.05) is 18.4 Å². The van der Waals surface area contributed by atoms with E-state index in [0.29, 0.717) is 18.7 Å². The van der Waals surface area contributed by atoms with Crippen molar-refractivity contribution in [1.82, 2.24) is 9.21 Å². The number of carbonyl (C=O) groups excluding carboxylic acids is 1. The molecule has 1 aliphatic rings. The second-order valence-corrected chi connectivity index (χ2v) is 11.1. The van der Waals surface area contributed by atoms with Crippen LogP contribution in [0, 0.1) is 12.7 Å². The van der Waals surface area contributed by atoms with Gasteiger partial charge in [-0.3, -0.25) is 4.79 Å². The van der Waals surface area contributed by atoms with E-state index in [4.69, 9.17) is 4.74 Å². The van der Waals surface area contributed by atoms with Crippen molar-refractivity contribution in [3.05, 3.63) is 81.8 Å². The molecular weight excluding hydrogens is 475 g/mol. The van der Waals surface area contributed by atoms with Crippen molar-refractivity contribution in [3.8, 4) is 5.75 Å². The maximum atomic E-state index is 13.6. The lowest BCUT2D eigenvalue weighted by atomic mass is 10.0. The van der Waals surface area contributed by atoms with Crippen molar-refractivity contribution in [3.63, 3.8) is 0 Å². The third kappa shape index (κ3) is 5.16. The number of rotatable bonds is 8. The Hall–Kier alpha value is -2.75. The predicted octanol–water partition coefficient (Wildman–Crippen LogP) is 4.41. The molecule has 3 aromatic rings. The average molecular weight is 503 g/mol. The van der Waals surface area contributed by atoms with Crippen LogP contribution >= 0.6 is 11.3 Å². The van der Waals surface area contributed by atoms with Crippen LogP contribution in [0.25, 0.3) is 0 Å². The minimum absolute atomic E-state index is 0.149. The quantitative estimate of drug-likeness (QED) is 0.458. The maximum absolute atomic E-state index is 13.6. The lowest BCUT2D eigenvalue weighted by Gasteiger charge is -2.36. The second kappa shape index (κ2) is 10.2. The van der Waals surface area contributed by atoms with Crippen molar-refractivity contribution in [1.29, 1.82) is 0 Å². The zero-order chi connectivity index (χ0) is 24.3. The fourth-order valence-corrected chi connectivity index (χ4v) is 6.40. The number of aryl methyl sites for hydroxylation is 1. The first-order chi connectivity index (χ1) is 16.3. The highest BCUT2D eigenvalue weighted by Gasteiger charge is 2.34. The molecule has 1 aromatic heterocycles. The Morgan fingerprint density at radius 2 is 1.97 bits per heavy atom. The van der Waals surface area contributed by atoms with Gasteiger partial charge in [-0.2, -0.15) is 4.31 Å². The van der Waals surface area contributed by atoms with Crippen molar-refractivity contribution in [2.75, 3.05) is 26.2 Å². The van der Waals surface area contributed by atoms with E-state index in [9.17, 15) is 17.6 Å². The van der Waals surface area contributed by atoms with E-state index in [0.717, 1.165) is 11.1 Å². The number of benzene rings is 2. The van der Waals surface area contributed by atoms with Crippen molar-refractivity contribution in [2.24, 2.45) is 0 Å². The Bertz CT molecular complexity index is 1260. The van der Waals surface area contributed by atoms with Crippen LogP contribution in [-0.4, -0.2) is 49.8 Å². The highest BCUT2D eigenvalue weighted by Crippen LogP contribution is 2.34. The van der Waals surface area contributed by atoms with E-state index < -0.39 is 15.8 Å². The number of fused-ring (bicyclic) bond motifs is 1. The largest absolute Gasteiger partial charge is 0.491 e. The molecule has 34 heavy (non-hydrogen) atoms. The van der Waals surface area contributed by atoms with Crippen LogP contribution in [0.5, 0.6) is 5.75 Å². The van der Waals surface area contributed by atoms with Gasteiger partial charge in [0.2, 0.25) is 15.9 Å². The standard InChI is InChI=1S/C25H27FN2O4S2/c1-3-27(34(30,31)21-9-7-18(2)8-10-21)16-25(29)28-13-11-24-22(12-14-33-24)23(28)17-32-20-6-4-5-19(26)15-20/h4-10,12,14-15,23H,3,11,13,16-17H2,1-2H3. The number of hydrogen-bond donors (Lipinski definition) is 0. The Labute approximate surface area is 203 Å². The van der Waals surface area contributed by atoms with Gasteiger partial charge in [0.1, 0.15) is 18.2 Å². The molecule has 1 unspecified atom stereocenters. The number of sulfonamides is 1. The summed E-state index contributed by atoms with van der Waals surface area (Å²) < 4.78 is 47.0. The van der Waals surface area contributed by atoms with Gasteiger partial charge in [0.05, 0.1) is 17.5 Å². The van der Waals surface area contributed by atoms with Gasteiger partial charge in [-0.15, -0.1) is 11.3 Å². The summed E-state index contributed by atoms with van der Waals surface area (Å²) in [6, 6.07) is 14.1. The zero-order valence-electron chi connectivity index (χ0n) is 19.1. The molecule has 1 atom stereocenters. The van der Waals surface area contributed by atoms with Gasteiger partial charge in [0.15, 0.2) is 0 Å². The highest BCUT2D eigenvalue weighted by molar-refractivity contribution is 7.89. The summed E-state index contributed by atoms with van der Waals surface area (Å²) in [6.45, 7) is 4.13. The number of hydrogen-bond acceptors (Lipinski definition) is 5. The molecule has 0 spiro atoms. The number of thiophene rings is 1. The van der Waals surface area contributed by atoms with E-state index in [2.05, 4.69) is 0 Å². The molecule has 2 aromatic carbocycles. The Kier molecular flexibility index (Phi) is 7.35. The molecule has 0 saturated heterocycles. The predicted molar refractivity (Wildman–Crippen MR) is 130 cm³/mol. The smallest absolute Gasteiger partial charge is 0.243 e. The molecular formula is C25H27FN2O4S2. The molecule has 1 aliphatic heterocycles. The van der Waals surface area contributed by atoms with Crippen LogP contribution in [0.1, 0.15) is 29.0 Å². The molecule has 0 saturated carbocycles. The Morgan fingerprint density at radius 3 is 2.68 bits per heavy atom. The molecule has 0 fully saturated rings. The summed E-state index contributed by atoms with van der Waals surface area (Å²) in [5, 5.41) is 1.98. The van der Waals surface area contributed by atoms with Crippen LogP contribution in [0.3, 0.4) is 0 Å². The molecule has 0 N–H and O–H groups in total. The number of amides is 1. The van der Waals surface area contributed by atoms with Gasteiger partial charge in [-0.25, -0.2) is 12.8 Å². The molecule has 9 heteroatoms. The van der Waals surface area contributed by atoms with E-state index in [1.165, 1.54) is 21.3 Å². The fourth-order valence-electron chi connectivity index (χ4n) is 4.07. The van der Waals surface area contributed by atoms with E-state index in [1.54, 1.807) is 59.6 Å². The third-order valence-electron chi connectivity index (χ3n) is 5.94. The maximum Gasteiger partial charge on any atom is 0.243 e. The average Bonchev–Trinajstić information content (AvgIpc) is 3.30. The lowest BCUT2D eigenvalue weighted by molar-refractivity contribution is -0.135. The number of nitrogens with zero attached hydrogens (tertiary/aromatic N) is 2. The number of halogens is 1. The van der Waals surface area contributed by atoms with Gasteiger partial charge in [-0.05, 0) is 54.6 Å².